The normalized spacial score (nSPS) is 13.8. The quantitative estimate of drug-likeness (QED) is 0.625. The van der Waals surface area contributed by atoms with Gasteiger partial charge >= 0.3 is 11.9 Å². The third kappa shape index (κ3) is 3.48. The lowest BCUT2D eigenvalue weighted by atomic mass is 10.1. The number of nitrogens with zero attached hydrogens (tertiary/aromatic N) is 1. The molecule has 0 spiro atoms. The minimum Gasteiger partial charge on any atom is -0.465 e. The van der Waals surface area contributed by atoms with Gasteiger partial charge in [0.25, 0.3) is 0 Å². The molecule has 5 nitrogen and oxygen atoms in total. The first-order chi connectivity index (χ1) is 11.1. The second kappa shape index (κ2) is 7.69. The number of hydrogen-bond donors (Lipinski definition) is 0. The fraction of sp³-hybridized carbons (Fsp3) is 0.176. The Bertz CT molecular complexity index is 706. The fourth-order valence-corrected chi connectivity index (χ4v) is 2.77. The van der Waals surface area contributed by atoms with E-state index in [0.29, 0.717) is 0 Å². The largest absolute Gasteiger partial charge is 0.465 e. The Morgan fingerprint density at radius 2 is 1.74 bits per heavy atom. The number of esters is 2. The molecular formula is C17H17NO4S. The van der Waals surface area contributed by atoms with E-state index in [0.717, 1.165) is 10.6 Å². The molecule has 0 bridgehead atoms. The van der Waals surface area contributed by atoms with Gasteiger partial charge in [-0.15, -0.1) is 11.8 Å². The van der Waals surface area contributed by atoms with Crippen molar-refractivity contribution in [3.8, 4) is 0 Å². The molecule has 1 aromatic carbocycles. The van der Waals surface area contributed by atoms with E-state index in [9.17, 15) is 9.59 Å². The molecule has 6 heteroatoms. The summed E-state index contributed by atoms with van der Waals surface area (Å²) in [5.41, 5.74) is 1.04. The predicted molar refractivity (Wildman–Crippen MR) is 90.0 cm³/mol. The molecule has 0 amide bonds. The van der Waals surface area contributed by atoms with Crippen LogP contribution in [-0.2, 0) is 19.1 Å². The van der Waals surface area contributed by atoms with Crippen LogP contribution in [0.1, 0.15) is 0 Å². The van der Waals surface area contributed by atoms with Gasteiger partial charge in [-0.3, -0.25) is 0 Å². The van der Waals surface area contributed by atoms with Gasteiger partial charge < -0.3 is 14.4 Å². The van der Waals surface area contributed by atoms with Crippen LogP contribution in [0.25, 0.3) is 0 Å². The van der Waals surface area contributed by atoms with Gasteiger partial charge in [-0.05, 0) is 30.5 Å². The summed E-state index contributed by atoms with van der Waals surface area (Å²) >= 11 is 1.55. The lowest BCUT2D eigenvalue weighted by molar-refractivity contribution is -0.139. The van der Waals surface area contributed by atoms with Crippen LogP contribution in [-0.4, -0.2) is 32.4 Å². The summed E-state index contributed by atoms with van der Waals surface area (Å²) in [4.78, 5) is 27.0. The third-order valence-electron chi connectivity index (χ3n) is 3.23. The van der Waals surface area contributed by atoms with Crippen molar-refractivity contribution in [2.24, 2.45) is 0 Å². The molecule has 0 radical (unpaired) electrons. The first kappa shape index (κ1) is 16.9. The first-order valence-electron chi connectivity index (χ1n) is 6.82. The minimum atomic E-state index is -0.613. The fourth-order valence-electron chi connectivity index (χ4n) is 2.18. The van der Waals surface area contributed by atoms with Gasteiger partial charge in [-0.25, -0.2) is 9.59 Å². The Kier molecular flexibility index (Phi) is 5.65. The number of methoxy groups -OCH3 is 2. The Hall–Kier alpha value is -2.47. The maximum Gasteiger partial charge on any atom is 0.355 e. The highest BCUT2D eigenvalue weighted by Gasteiger charge is 2.28. The van der Waals surface area contributed by atoms with Gasteiger partial charge in [0.15, 0.2) is 0 Å². The Labute approximate surface area is 139 Å². The summed E-state index contributed by atoms with van der Waals surface area (Å²) in [7, 11) is 2.55. The van der Waals surface area contributed by atoms with E-state index in [1.165, 1.54) is 20.3 Å². The molecule has 1 aromatic rings. The van der Waals surface area contributed by atoms with Crippen LogP contribution in [0, 0.1) is 0 Å². The van der Waals surface area contributed by atoms with Crippen LogP contribution in [0.15, 0.2) is 64.9 Å². The molecule has 2 rings (SSSR count). The number of carbonyl (C=O) groups excluding carboxylic acids is 2. The van der Waals surface area contributed by atoms with Crippen LogP contribution in [0.5, 0.6) is 0 Å². The van der Waals surface area contributed by atoms with Gasteiger partial charge in [-0.2, -0.15) is 0 Å². The molecule has 0 fully saturated rings. The molecule has 1 aliphatic heterocycles. The molecule has 0 aliphatic carbocycles. The average Bonchev–Trinajstić information content (AvgIpc) is 2.83. The first-order valence-corrected chi connectivity index (χ1v) is 8.04. The SMILES string of the molecule is COC(=O)C1=C(C(=O)OC)N(c2ccccc2SC)C=CC=C1. The predicted octanol–water partition coefficient (Wildman–Crippen LogP) is 2.90. The highest BCUT2D eigenvalue weighted by molar-refractivity contribution is 7.98. The van der Waals surface area contributed by atoms with E-state index < -0.39 is 11.9 Å². The maximum atomic E-state index is 12.3. The zero-order valence-corrected chi connectivity index (χ0v) is 13.9. The van der Waals surface area contributed by atoms with E-state index in [-0.39, 0.29) is 11.3 Å². The van der Waals surface area contributed by atoms with E-state index in [1.807, 2.05) is 30.5 Å². The highest BCUT2D eigenvalue weighted by Crippen LogP contribution is 2.33. The van der Waals surface area contributed by atoms with Gasteiger partial charge in [-0.1, -0.05) is 18.2 Å². The molecule has 0 aromatic heterocycles. The third-order valence-corrected chi connectivity index (χ3v) is 4.02. The van der Waals surface area contributed by atoms with Gasteiger partial charge in [0.05, 0.1) is 25.5 Å². The van der Waals surface area contributed by atoms with Gasteiger partial charge in [0.2, 0.25) is 0 Å². The topological polar surface area (TPSA) is 55.8 Å². The number of allylic oxidation sites excluding steroid dienone is 2. The number of ether oxygens (including phenoxy) is 2. The molecular weight excluding hydrogens is 314 g/mol. The average molecular weight is 331 g/mol. The standard InChI is InChI=1S/C17H17NO4S/c1-21-16(19)12-8-6-7-11-18(15(12)17(20)22-2)13-9-4-5-10-14(13)23-3/h4-11H,1-3H3. The van der Waals surface area contributed by atoms with Crippen molar-refractivity contribution in [2.75, 3.05) is 25.4 Å². The number of hydrogen-bond acceptors (Lipinski definition) is 6. The number of benzene rings is 1. The van der Waals surface area contributed by atoms with Crippen molar-refractivity contribution >= 4 is 29.4 Å². The van der Waals surface area contributed by atoms with Crippen molar-refractivity contribution in [2.45, 2.75) is 4.90 Å². The van der Waals surface area contributed by atoms with Crippen molar-refractivity contribution in [1.29, 1.82) is 0 Å². The summed E-state index contributed by atoms with van der Waals surface area (Å²) in [6.07, 6.45) is 8.62. The summed E-state index contributed by atoms with van der Waals surface area (Å²) in [5, 5.41) is 0. The van der Waals surface area contributed by atoms with Crippen LogP contribution >= 0.6 is 11.8 Å². The maximum absolute atomic E-state index is 12.3. The molecule has 1 aliphatic rings. The number of para-hydroxylation sites is 1. The zero-order chi connectivity index (χ0) is 16.8. The number of carbonyl (C=O) groups is 2. The number of anilines is 1. The second-order valence-corrected chi connectivity index (χ2v) is 5.34. The molecule has 120 valence electrons. The molecule has 23 heavy (non-hydrogen) atoms. The van der Waals surface area contributed by atoms with Gasteiger partial charge in [0, 0.05) is 11.1 Å². The van der Waals surface area contributed by atoms with Crippen molar-refractivity contribution < 1.29 is 19.1 Å². The van der Waals surface area contributed by atoms with Crippen LogP contribution in [0.4, 0.5) is 5.69 Å². The molecule has 0 unspecified atom stereocenters. The zero-order valence-electron chi connectivity index (χ0n) is 13.1. The Balaban J connectivity index is 2.68. The molecule has 0 atom stereocenters. The summed E-state index contributed by atoms with van der Waals surface area (Å²) in [6.45, 7) is 0. The van der Waals surface area contributed by atoms with Crippen molar-refractivity contribution in [1.82, 2.24) is 0 Å². The smallest absolute Gasteiger partial charge is 0.355 e. The highest BCUT2D eigenvalue weighted by atomic mass is 32.2. The van der Waals surface area contributed by atoms with Gasteiger partial charge in [0.1, 0.15) is 5.70 Å². The van der Waals surface area contributed by atoms with E-state index in [4.69, 9.17) is 9.47 Å². The summed E-state index contributed by atoms with van der Waals surface area (Å²) in [6, 6.07) is 7.60. The van der Waals surface area contributed by atoms with Crippen molar-refractivity contribution in [3.63, 3.8) is 0 Å². The molecule has 0 saturated carbocycles. The summed E-state index contributed by atoms with van der Waals surface area (Å²) < 4.78 is 9.67. The monoisotopic (exact) mass is 331 g/mol. The number of thioether (sulfide) groups is 1. The minimum absolute atomic E-state index is 0.117. The van der Waals surface area contributed by atoms with Crippen LogP contribution in [0.2, 0.25) is 0 Å². The Morgan fingerprint density at radius 1 is 1.04 bits per heavy atom. The van der Waals surface area contributed by atoms with E-state index in [2.05, 4.69) is 0 Å². The summed E-state index contributed by atoms with van der Waals surface area (Å²) in [5.74, 6) is -1.21. The molecule has 0 N–H and O–H groups in total. The molecule has 0 saturated heterocycles. The number of rotatable bonds is 4. The lowest BCUT2D eigenvalue weighted by Crippen LogP contribution is -2.27. The van der Waals surface area contributed by atoms with Crippen LogP contribution in [0.3, 0.4) is 0 Å². The lowest BCUT2D eigenvalue weighted by Gasteiger charge is -2.24. The Morgan fingerprint density at radius 3 is 2.39 bits per heavy atom. The van der Waals surface area contributed by atoms with E-state index in [1.54, 1.807) is 35.0 Å². The molecule has 1 heterocycles. The second-order valence-electron chi connectivity index (χ2n) is 4.49. The van der Waals surface area contributed by atoms with Crippen molar-refractivity contribution in [3.05, 3.63) is 60.0 Å². The van der Waals surface area contributed by atoms with E-state index >= 15 is 0 Å². The van der Waals surface area contributed by atoms with Crippen LogP contribution < -0.4 is 4.90 Å².